The molecule has 0 aliphatic rings. The van der Waals surface area contributed by atoms with Crippen molar-refractivity contribution in [1.29, 1.82) is 0 Å². The van der Waals surface area contributed by atoms with E-state index in [-0.39, 0.29) is 0 Å². The van der Waals surface area contributed by atoms with Crippen molar-refractivity contribution in [3.63, 3.8) is 0 Å². The number of methoxy groups -OCH3 is 1. The van der Waals surface area contributed by atoms with Crippen LogP contribution in [0.5, 0.6) is 11.5 Å². The minimum absolute atomic E-state index is 0.421. The van der Waals surface area contributed by atoms with Crippen LogP contribution in [-0.4, -0.2) is 28.0 Å². The standard InChI is InChI=1S/C31H21N3O3/c1-36-22-15-13-20(14-16-22)29-18-25(24-9-2-3-10-26(24)33-29)31(35)37-23-8-6-7-21(17-23)30-19-32-27-11-4-5-12-28(27)34-30/h2-19H,1H3. The fourth-order valence-electron chi connectivity index (χ4n) is 4.23. The van der Waals surface area contributed by atoms with E-state index in [1.165, 1.54) is 0 Å². The highest BCUT2D eigenvalue weighted by Crippen LogP contribution is 2.28. The molecule has 2 aromatic heterocycles. The maximum Gasteiger partial charge on any atom is 0.344 e. The highest BCUT2D eigenvalue weighted by Gasteiger charge is 2.17. The molecule has 0 atom stereocenters. The van der Waals surface area contributed by atoms with Gasteiger partial charge in [0.05, 0.1) is 46.8 Å². The lowest BCUT2D eigenvalue weighted by atomic mass is 10.0. The average molecular weight is 484 g/mol. The zero-order valence-corrected chi connectivity index (χ0v) is 20.0. The molecule has 0 saturated carbocycles. The van der Waals surface area contributed by atoms with Gasteiger partial charge in [-0.3, -0.25) is 4.98 Å². The van der Waals surface area contributed by atoms with Crippen LogP contribution in [-0.2, 0) is 0 Å². The van der Waals surface area contributed by atoms with Crippen LogP contribution >= 0.6 is 0 Å². The summed E-state index contributed by atoms with van der Waals surface area (Å²) in [5.41, 5.74) is 5.83. The predicted molar refractivity (Wildman–Crippen MR) is 144 cm³/mol. The van der Waals surface area contributed by atoms with Gasteiger partial charge in [-0.05, 0) is 60.7 Å². The number of hydrogen-bond donors (Lipinski definition) is 0. The highest BCUT2D eigenvalue weighted by molar-refractivity contribution is 6.05. The van der Waals surface area contributed by atoms with E-state index in [0.29, 0.717) is 28.2 Å². The molecule has 0 spiro atoms. The molecule has 0 radical (unpaired) electrons. The lowest BCUT2D eigenvalue weighted by molar-refractivity contribution is 0.0737. The van der Waals surface area contributed by atoms with Crippen LogP contribution in [0.4, 0.5) is 0 Å². The topological polar surface area (TPSA) is 74.2 Å². The molecular formula is C31H21N3O3. The van der Waals surface area contributed by atoms with Crippen LogP contribution in [0.15, 0.2) is 109 Å². The van der Waals surface area contributed by atoms with E-state index in [1.807, 2.05) is 84.9 Å². The van der Waals surface area contributed by atoms with Gasteiger partial charge in [-0.2, -0.15) is 0 Å². The first-order chi connectivity index (χ1) is 18.2. The summed E-state index contributed by atoms with van der Waals surface area (Å²) in [5, 5.41) is 0.723. The van der Waals surface area contributed by atoms with Crippen molar-refractivity contribution in [3.8, 4) is 34.0 Å². The van der Waals surface area contributed by atoms with Crippen molar-refractivity contribution in [3.05, 3.63) is 115 Å². The van der Waals surface area contributed by atoms with E-state index >= 15 is 0 Å². The second kappa shape index (κ2) is 9.51. The third-order valence-corrected chi connectivity index (χ3v) is 6.11. The summed E-state index contributed by atoms with van der Waals surface area (Å²) in [7, 11) is 1.62. The number of nitrogens with zero attached hydrogens (tertiary/aromatic N) is 3. The molecule has 0 fully saturated rings. The Morgan fingerprint density at radius 2 is 1.38 bits per heavy atom. The summed E-state index contributed by atoms with van der Waals surface area (Å²) in [6.07, 6.45) is 1.72. The summed E-state index contributed by atoms with van der Waals surface area (Å²) in [5.74, 6) is 0.708. The number of esters is 1. The van der Waals surface area contributed by atoms with Crippen molar-refractivity contribution in [2.75, 3.05) is 7.11 Å². The molecule has 0 bridgehead atoms. The Morgan fingerprint density at radius 1 is 0.649 bits per heavy atom. The van der Waals surface area contributed by atoms with Crippen molar-refractivity contribution in [2.24, 2.45) is 0 Å². The molecule has 0 N–H and O–H groups in total. The van der Waals surface area contributed by atoms with Crippen LogP contribution in [0, 0.1) is 0 Å². The second-order valence-corrected chi connectivity index (χ2v) is 8.46. The summed E-state index contributed by atoms with van der Waals surface area (Å²) >= 11 is 0. The smallest absolute Gasteiger partial charge is 0.344 e. The lowest BCUT2D eigenvalue weighted by Gasteiger charge is -2.11. The summed E-state index contributed by atoms with van der Waals surface area (Å²) in [6, 6.07) is 31.9. The fraction of sp³-hybridized carbons (Fsp3) is 0.0323. The normalized spacial score (nSPS) is 10.9. The number of rotatable bonds is 5. The van der Waals surface area contributed by atoms with E-state index in [2.05, 4.69) is 4.98 Å². The van der Waals surface area contributed by atoms with Gasteiger partial charge in [0.15, 0.2) is 0 Å². The minimum Gasteiger partial charge on any atom is -0.497 e. The van der Waals surface area contributed by atoms with E-state index in [9.17, 15) is 4.79 Å². The molecule has 37 heavy (non-hydrogen) atoms. The molecule has 0 aliphatic carbocycles. The first-order valence-electron chi connectivity index (χ1n) is 11.8. The molecule has 6 rings (SSSR count). The van der Waals surface area contributed by atoms with Gasteiger partial charge in [-0.15, -0.1) is 0 Å². The quantitative estimate of drug-likeness (QED) is 0.200. The summed E-state index contributed by atoms with van der Waals surface area (Å²) in [6.45, 7) is 0. The third-order valence-electron chi connectivity index (χ3n) is 6.11. The van der Waals surface area contributed by atoms with Crippen LogP contribution in [0.2, 0.25) is 0 Å². The Labute approximate surface area is 213 Å². The SMILES string of the molecule is COc1ccc(-c2cc(C(=O)Oc3cccc(-c4cnc5ccccc5n4)c3)c3ccccc3n2)cc1. The zero-order valence-electron chi connectivity index (χ0n) is 20.0. The predicted octanol–water partition coefficient (Wildman–Crippen LogP) is 6.74. The highest BCUT2D eigenvalue weighted by atomic mass is 16.5. The van der Waals surface area contributed by atoms with Crippen LogP contribution in [0.25, 0.3) is 44.5 Å². The second-order valence-electron chi connectivity index (χ2n) is 8.46. The van der Waals surface area contributed by atoms with Gasteiger partial charge in [0.1, 0.15) is 11.5 Å². The molecule has 6 aromatic rings. The van der Waals surface area contributed by atoms with Gasteiger partial charge in [0, 0.05) is 16.5 Å². The zero-order chi connectivity index (χ0) is 25.2. The molecule has 0 aliphatic heterocycles. The number of carbonyl (C=O) groups excluding carboxylic acids is 1. The van der Waals surface area contributed by atoms with E-state index in [4.69, 9.17) is 19.4 Å². The number of hydrogen-bond acceptors (Lipinski definition) is 6. The van der Waals surface area contributed by atoms with Crippen LogP contribution in [0.3, 0.4) is 0 Å². The summed E-state index contributed by atoms with van der Waals surface area (Å²) in [4.78, 5) is 27.4. The molecule has 0 amide bonds. The number of carbonyl (C=O) groups is 1. The average Bonchev–Trinajstić information content (AvgIpc) is 2.96. The maximum absolute atomic E-state index is 13.4. The first-order valence-corrected chi connectivity index (χ1v) is 11.8. The van der Waals surface area contributed by atoms with E-state index in [0.717, 1.165) is 33.3 Å². The Morgan fingerprint density at radius 3 is 2.19 bits per heavy atom. The van der Waals surface area contributed by atoms with E-state index < -0.39 is 5.97 Å². The van der Waals surface area contributed by atoms with Crippen molar-refractivity contribution in [1.82, 2.24) is 15.0 Å². The Bertz CT molecular complexity index is 1760. The first kappa shape index (κ1) is 22.4. The molecule has 178 valence electrons. The van der Waals surface area contributed by atoms with Gasteiger partial charge in [0.25, 0.3) is 0 Å². The molecule has 4 aromatic carbocycles. The summed E-state index contributed by atoms with van der Waals surface area (Å²) < 4.78 is 11.1. The van der Waals surface area contributed by atoms with Gasteiger partial charge in [-0.1, -0.05) is 42.5 Å². The number of fused-ring (bicyclic) bond motifs is 2. The van der Waals surface area contributed by atoms with Gasteiger partial charge in [0.2, 0.25) is 0 Å². The van der Waals surface area contributed by atoms with Crippen molar-refractivity contribution in [2.45, 2.75) is 0 Å². The molecule has 0 unspecified atom stereocenters. The van der Waals surface area contributed by atoms with Crippen molar-refractivity contribution < 1.29 is 14.3 Å². The Kier molecular flexibility index (Phi) is 5.75. The molecule has 2 heterocycles. The van der Waals surface area contributed by atoms with Crippen LogP contribution in [0.1, 0.15) is 10.4 Å². The number of aromatic nitrogens is 3. The Hall–Kier alpha value is -5.10. The lowest BCUT2D eigenvalue weighted by Crippen LogP contribution is -2.10. The fourth-order valence-corrected chi connectivity index (χ4v) is 4.23. The molecule has 6 nitrogen and oxygen atoms in total. The largest absolute Gasteiger partial charge is 0.497 e. The van der Waals surface area contributed by atoms with Crippen LogP contribution < -0.4 is 9.47 Å². The number of benzene rings is 4. The Balaban J connectivity index is 1.35. The van der Waals surface area contributed by atoms with Crippen molar-refractivity contribution >= 4 is 27.9 Å². The molecule has 6 heteroatoms. The maximum atomic E-state index is 13.4. The van der Waals surface area contributed by atoms with Gasteiger partial charge >= 0.3 is 5.97 Å². The number of para-hydroxylation sites is 3. The number of ether oxygens (including phenoxy) is 2. The monoisotopic (exact) mass is 483 g/mol. The van der Waals surface area contributed by atoms with E-state index in [1.54, 1.807) is 31.5 Å². The molecular weight excluding hydrogens is 462 g/mol. The van der Waals surface area contributed by atoms with Gasteiger partial charge < -0.3 is 9.47 Å². The number of pyridine rings is 1. The molecule has 0 saturated heterocycles. The minimum atomic E-state index is -0.463. The third kappa shape index (κ3) is 4.48. The van der Waals surface area contributed by atoms with Gasteiger partial charge in [-0.25, -0.2) is 14.8 Å².